The molecule has 2 aliphatic rings. The van der Waals surface area contributed by atoms with Crippen molar-refractivity contribution in [2.45, 2.75) is 46.5 Å². The van der Waals surface area contributed by atoms with Gasteiger partial charge in [-0.1, -0.05) is 6.92 Å². The highest BCUT2D eigenvalue weighted by atomic mass is 32.1. The monoisotopic (exact) mass is 444 g/mol. The van der Waals surface area contributed by atoms with E-state index < -0.39 is 0 Å². The number of nitrogens with zero attached hydrogens (tertiary/aromatic N) is 5. The van der Waals surface area contributed by atoms with E-state index in [1.54, 1.807) is 0 Å². The molecule has 8 heteroatoms. The molecule has 7 nitrogen and oxygen atoms in total. The zero-order valence-corrected chi connectivity index (χ0v) is 20.0. The number of nitrogen functional groups attached to an aromatic ring is 1. The average Bonchev–Trinajstić information content (AvgIpc) is 3.12. The number of carbonyl (C=O) groups is 1. The van der Waals surface area contributed by atoms with Crippen molar-refractivity contribution in [3.63, 3.8) is 0 Å². The first-order chi connectivity index (χ1) is 15.0. The number of likely N-dealkylation sites (N-methyl/N-ethyl adjacent to an activating group) is 1. The first kappa shape index (κ1) is 22.4. The predicted molar refractivity (Wildman–Crippen MR) is 128 cm³/mol. The topological polar surface area (TPSA) is 78.6 Å². The number of aryl methyl sites for hydroxylation is 1. The average molecular weight is 445 g/mol. The third-order valence-corrected chi connectivity index (χ3v) is 7.97. The maximum atomic E-state index is 12.3. The number of piperazine rings is 1. The van der Waals surface area contributed by atoms with Crippen LogP contribution in [-0.2, 0) is 24.1 Å². The number of hydrogen-bond acceptors (Lipinski definition) is 7. The van der Waals surface area contributed by atoms with E-state index in [1.807, 2.05) is 30.1 Å². The first-order valence-corrected chi connectivity index (χ1v) is 12.6. The van der Waals surface area contributed by atoms with Gasteiger partial charge in [-0.05, 0) is 44.6 Å². The molecule has 31 heavy (non-hydrogen) atoms. The maximum Gasteiger partial charge on any atom is 0.236 e. The van der Waals surface area contributed by atoms with Crippen molar-refractivity contribution in [2.75, 3.05) is 58.1 Å². The third-order valence-electron chi connectivity index (χ3n) is 6.82. The molecule has 2 aromatic heterocycles. The highest BCUT2D eigenvalue weighted by Gasteiger charge is 2.24. The smallest absolute Gasteiger partial charge is 0.236 e. The van der Waals surface area contributed by atoms with E-state index in [-0.39, 0.29) is 5.91 Å². The van der Waals surface area contributed by atoms with Gasteiger partial charge in [-0.2, -0.15) is 0 Å². The van der Waals surface area contributed by atoms with Crippen LogP contribution in [-0.4, -0.2) is 82.9 Å². The Hall–Kier alpha value is -1.77. The molecule has 0 radical (unpaired) electrons. The molecule has 1 saturated heterocycles. The Labute approximate surface area is 189 Å². The minimum Gasteiger partial charge on any atom is -0.383 e. The number of fused-ring (bicyclic) bond motifs is 3. The molecular formula is C23H36N6OS. The molecule has 0 bridgehead atoms. The molecule has 0 spiro atoms. The summed E-state index contributed by atoms with van der Waals surface area (Å²) in [6.45, 7) is 13.3. The normalized spacial score (nSPS) is 20.2. The van der Waals surface area contributed by atoms with Crippen molar-refractivity contribution < 1.29 is 4.79 Å². The summed E-state index contributed by atoms with van der Waals surface area (Å²) in [7, 11) is 0. The van der Waals surface area contributed by atoms with Crippen LogP contribution < -0.4 is 5.73 Å². The zero-order chi connectivity index (χ0) is 22.0. The van der Waals surface area contributed by atoms with Crippen molar-refractivity contribution in [1.82, 2.24) is 24.7 Å². The molecular weight excluding hydrogens is 408 g/mol. The first-order valence-electron chi connectivity index (χ1n) is 11.8. The number of hydrogen-bond donors (Lipinski definition) is 1. The molecule has 170 valence electrons. The Morgan fingerprint density at radius 1 is 1.16 bits per heavy atom. The number of thiophene rings is 1. The van der Waals surface area contributed by atoms with Gasteiger partial charge in [0.05, 0.1) is 11.9 Å². The van der Waals surface area contributed by atoms with Crippen molar-refractivity contribution in [1.29, 1.82) is 0 Å². The van der Waals surface area contributed by atoms with E-state index in [0.717, 1.165) is 87.0 Å². The van der Waals surface area contributed by atoms with Crippen LogP contribution in [0.4, 0.5) is 5.82 Å². The summed E-state index contributed by atoms with van der Waals surface area (Å²) in [6.07, 6.45) is 4.29. The summed E-state index contributed by atoms with van der Waals surface area (Å²) in [5.41, 5.74) is 7.78. The Kier molecular flexibility index (Phi) is 7.08. The van der Waals surface area contributed by atoms with Crippen LogP contribution in [0.1, 0.15) is 43.5 Å². The second kappa shape index (κ2) is 9.79. The lowest BCUT2D eigenvalue weighted by molar-refractivity contribution is -0.132. The fourth-order valence-electron chi connectivity index (χ4n) is 4.82. The second-order valence-corrected chi connectivity index (χ2v) is 10.1. The van der Waals surface area contributed by atoms with Crippen molar-refractivity contribution in [2.24, 2.45) is 5.92 Å². The van der Waals surface area contributed by atoms with E-state index in [9.17, 15) is 4.79 Å². The van der Waals surface area contributed by atoms with Crippen LogP contribution in [0, 0.1) is 5.92 Å². The Bertz CT molecular complexity index is 916. The minimum atomic E-state index is 0.240. The number of carbonyl (C=O) groups excluding carboxylic acids is 1. The Morgan fingerprint density at radius 3 is 2.58 bits per heavy atom. The number of aromatic nitrogens is 2. The van der Waals surface area contributed by atoms with Crippen LogP contribution in [0.5, 0.6) is 0 Å². The number of rotatable bonds is 7. The van der Waals surface area contributed by atoms with Crippen LogP contribution in [0.25, 0.3) is 10.2 Å². The number of anilines is 1. The van der Waals surface area contributed by atoms with E-state index in [1.165, 1.54) is 16.9 Å². The zero-order valence-electron chi connectivity index (χ0n) is 19.2. The SMILES string of the molecule is CCN(CC)C(=O)CN1CCN(CCc2nc(N)c3c4c(sc3n2)CC(C)CC4)CC1. The summed E-state index contributed by atoms with van der Waals surface area (Å²) in [5.74, 6) is 2.50. The molecule has 1 unspecified atom stereocenters. The summed E-state index contributed by atoms with van der Waals surface area (Å²) < 4.78 is 0. The molecule has 1 aliphatic carbocycles. The van der Waals surface area contributed by atoms with E-state index >= 15 is 0 Å². The van der Waals surface area contributed by atoms with Crippen LogP contribution in [0.15, 0.2) is 0 Å². The lowest BCUT2D eigenvalue weighted by Crippen LogP contribution is -2.50. The van der Waals surface area contributed by atoms with Gasteiger partial charge in [0, 0.05) is 57.1 Å². The van der Waals surface area contributed by atoms with Gasteiger partial charge in [-0.25, -0.2) is 9.97 Å². The second-order valence-electron chi connectivity index (χ2n) is 8.99. The Balaban J connectivity index is 1.31. The Morgan fingerprint density at radius 2 is 1.87 bits per heavy atom. The van der Waals surface area contributed by atoms with Gasteiger partial charge in [0.1, 0.15) is 16.5 Å². The lowest BCUT2D eigenvalue weighted by atomic mass is 9.89. The van der Waals surface area contributed by atoms with Crippen LogP contribution in [0.3, 0.4) is 0 Å². The van der Waals surface area contributed by atoms with Gasteiger partial charge in [0.2, 0.25) is 5.91 Å². The largest absolute Gasteiger partial charge is 0.383 e. The summed E-state index contributed by atoms with van der Waals surface area (Å²) >= 11 is 1.82. The molecule has 2 N–H and O–H groups in total. The van der Waals surface area contributed by atoms with E-state index in [2.05, 4.69) is 21.7 Å². The molecule has 2 aromatic rings. The molecule has 1 amide bonds. The highest BCUT2D eigenvalue weighted by Crippen LogP contribution is 2.39. The molecule has 3 heterocycles. The van der Waals surface area contributed by atoms with Crippen molar-refractivity contribution in [3.8, 4) is 0 Å². The van der Waals surface area contributed by atoms with Gasteiger partial charge >= 0.3 is 0 Å². The standard InChI is InChI=1S/C23H36N6OS/c1-4-29(5-2)20(30)15-28-12-10-27(11-13-28)9-8-19-25-22(24)21-17-7-6-16(3)14-18(17)31-23(21)26-19/h16H,4-15H2,1-3H3,(H2,24,25,26). The van der Waals surface area contributed by atoms with Crippen molar-refractivity contribution >= 4 is 33.3 Å². The fourth-order valence-corrected chi connectivity index (χ4v) is 6.23. The molecule has 4 rings (SSSR count). The van der Waals surface area contributed by atoms with Gasteiger partial charge in [-0.3, -0.25) is 9.69 Å². The highest BCUT2D eigenvalue weighted by molar-refractivity contribution is 7.19. The number of nitrogens with two attached hydrogens (primary N) is 1. The molecule has 0 aromatic carbocycles. The molecule has 1 fully saturated rings. The number of amides is 1. The van der Waals surface area contributed by atoms with Gasteiger partial charge in [-0.15, -0.1) is 11.3 Å². The van der Waals surface area contributed by atoms with E-state index in [0.29, 0.717) is 12.4 Å². The van der Waals surface area contributed by atoms with Crippen molar-refractivity contribution in [3.05, 3.63) is 16.3 Å². The third kappa shape index (κ3) is 5.02. The summed E-state index contributed by atoms with van der Waals surface area (Å²) in [4.78, 5) is 31.0. The van der Waals surface area contributed by atoms with Gasteiger partial charge in [0.25, 0.3) is 0 Å². The summed E-state index contributed by atoms with van der Waals surface area (Å²) in [6, 6.07) is 0. The predicted octanol–water partition coefficient (Wildman–Crippen LogP) is 2.43. The fraction of sp³-hybridized carbons (Fsp3) is 0.696. The van der Waals surface area contributed by atoms with Crippen LogP contribution in [0.2, 0.25) is 0 Å². The molecule has 1 aliphatic heterocycles. The molecule has 0 saturated carbocycles. The minimum absolute atomic E-state index is 0.240. The maximum absolute atomic E-state index is 12.3. The quantitative estimate of drug-likeness (QED) is 0.707. The summed E-state index contributed by atoms with van der Waals surface area (Å²) in [5, 5.41) is 1.11. The van der Waals surface area contributed by atoms with E-state index in [4.69, 9.17) is 10.7 Å². The molecule has 1 atom stereocenters. The van der Waals surface area contributed by atoms with Crippen LogP contribution >= 0.6 is 11.3 Å². The lowest BCUT2D eigenvalue weighted by Gasteiger charge is -2.35. The van der Waals surface area contributed by atoms with Gasteiger partial charge in [0.15, 0.2) is 0 Å². The van der Waals surface area contributed by atoms with Gasteiger partial charge < -0.3 is 15.5 Å².